The molecule has 0 aliphatic heterocycles. The topological polar surface area (TPSA) is 41.1 Å². The van der Waals surface area contributed by atoms with Crippen LogP contribution in [0, 0.1) is 5.41 Å². The highest BCUT2D eigenvalue weighted by atomic mass is 16.2. The lowest BCUT2D eigenvalue weighted by molar-refractivity contribution is 0.239. The van der Waals surface area contributed by atoms with Crippen molar-refractivity contribution in [2.75, 3.05) is 0 Å². The molecule has 0 aromatic rings. The van der Waals surface area contributed by atoms with Crippen molar-refractivity contribution < 1.29 is 4.79 Å². The number of allylic oxidation sites excluding steroid dienone is 1. The predicted molar refractivity (Wildman–Crippen MR) is 71.8 cm³/mol. The van der Waals surface area contributed by atoms with Gasteiger partial charge < -0.3 is 10.6 Å². The maximum absolute atomic E-state index is 11.6. The van der Waals surface area contributed by atoms with Crippen molar-refractivity contribution in [3.8, 4) is 0 Å². The first kappa shape index (κ1) is 14.1. The molecule has 1 aliphatic carbocycles. The van der Waals surface area contributed by atoms with Gasteiger partial charge in [-0.05, 0) is 18.3 Å². The van der Waals surface area contributed by atoms with Crippen molar-refractivity contribution in [2.24, 2.45) is 5.41 Å². The average Bonchev–Trinajstić information content (AvgIpc) is 2.44. The molecule has 17 heavy (non-hydrogen) atoms. The molecule has 0 saturated heterocycles. The summed E-state index contributed by atoms with van der Waals surface area (Å²) in [5.74, 6) is 0. The third-order valence-electron chi connectivity index (χ3n) is 2.99. The molecule has 2 amide bonds. The molecule has 2 N–H and O–H groups in total. The Hall–Kier alpha value is -0.990. The summed E-state index contributed by atoms with van der Waals surface area (Å²) in [5, 5.41) is 5.82. The van der Waals surface area contributed by atoms with Crippen LogP contribution in [0.1, 0.15) is 59.3 Å². The standard InChI is InChI=1S/C14H26N2O/c1-14(2,3)10-11-15-13(17)16-12-8-6-4-5-7-9-12/h10-12H,4-9H2,1-3H3,(H2,15,16,17)/b11-10+. The fourth-order valence-corrected chi connectivity index (χ4v) is 2.02. The average molecular weight is 238 g/mol. The van der Waals surface area contributed by atoms with Crippen molar-refractivity contribution in [3.05, 3.63) is 12.3 Å². The van der Waals surface area contributed by atoms with Crippen LogP contribution in [0.15, 0.2) is 12.3 Å². The second kappa shape index (κ2) is 6.67. The summed E-state index contributed by atoms with van der Waals surface area (Å²) in [6.45, 7) is 6.32. The van der Waals surface area contributed by atoms with E-state index in [0.717, 1.165) is 12.8 Å². The van der Waals surface area contributed by atoms with Crippen LogP contribution in [0.25, 0.3) is 0 Å². The highest BCUT2D eigenvalue weighted by Crippen LogP contribution is 2.17. The molecule has 1 aliphatic rings. The molecule has 0 radical (unpaired) electrons. The second-order valence-electron chi connectivity index (χ2n) is 6.01. The van der Waals surface area contributed by atoms with E-state index in [0.29, 0.717) is 6.04 Å². The van der Waals surface area contributed by atoms with E-state index >= 15 is 0 Å². The van der Waals surface area contributed by atoms with Gasteiger partial charge in [-0.25, -0.2) is 4.79 Å². The molecular weight excluding hydrogens is 212 g/mol. The van der Waals surface area contributed by atoms with Crippen LogP contribution in [0.3, 0.4) is 0 Å². The van der Waals surface area contributed by atoms with Crippen molar-refractivity contribution in [1.29, 1.82) is 0 Å². The highest BCUT2D eigenvalue weighted by molar-refractivity contribution is 5.75. The number of carbonyl (C=O) groups excluding carboxylic acids is 1. The Kier molecular flexibility index (Phi) is 5.52. The number of amides is 2. The molecule has 0 atom stereocenters. The van der Waals surface area contributed by atoms with Crippen LogP contribution in [-0.4, -0.2) is 12.1 Å². The van der Waals surface area contributed by atoms with Crippen LogP contribution in [-0.2, 0) is 0 Å². The van der Waals surface area contributed by atoms with Gasteiger partial charge in [-0.3, -0.25) is 0 Å². The smallest absolute Gasteiger partial charge is 0.318 e. The Morgan fingerprint density at radius 2 is 1.71 bits per heavy atom. The quantitative estimate of drug-likeness (QED) is 0.709. The fourth-order valence-electron chi connectivity index (χ4n) is 2.02. The first-order chi connectivity index (χ1) is 7.97. The second-order valence-corrected chi connectivity index (χ2v) is 6.01. The number of urea groups is 1. The van der Waals surface area contributed by atoms with E-state index in [1.54, 1.807) is 6.20 Å². The third kappa shape index (κ3) is 7.03. The molecule has 1 saturated carbocycles. The van der Waals surface area contributed by atoms with Crippen LogP contribution in [0.2, 0.25) is 0 Å². The first-order valence-corrected chi connectivity index (χ1v) is 6.72. The van der Waals surface area contributed by atoms with Crippen molar-refractivity contribution in [2.45, 2.75) is 65.3 Å². The lowest BCUT2D eigenvalue weighted by atomic mass is 9.97. The van der Waals surface area contributed by atoms with Crippen LogP contribution in [0.5, 0.6) is 0 Å². The minimum absolute atomic E-state index is 0.0719. The van der Waals surface area contributed by atoms with Gasteiger partial charge in [-0.15, -0.1) is 0 Å². The zero-order chi connectivity index (χ0) is 12.7. The van der Waals surface area contributed by atoms with Gasteiger partial charge in [0, 0.05) is 12.2 Å². The SMILES string of the molecule is CC(C)(C)/C=C/NC(=O)NC1CCCCCC1. The molecular formula is C14H26N2O. The fraction of sp³-hybridized carbons (Fsp3) is 0.786. The van der Waals surface area contributed by atoms with E-state index in [1.807, 2.05) is 6.08 Å². The molecule has 3 heteroatoms. The Morgan fingerprint density at radius 1 is 1.12 bits per heavy atom. The highest BCUT2D eigenvalue weighted by Gasteiger charge is 2.13. The van der Waals surface area contributed by atoms with Gasteiger partial charge in [-0.2, -0.15) is 0 Å². The number of hydrogen-bond donors (Lipinski definition) is 2. The Labute approximate surface area is 105 Å². The molecule has 3 nitrogen and oxygen atoms in total. The Bertz CT molecular complexity index is 258. The summed E-state index contributed by atoms with van der Waals surface area (Å²) < 4.78 is 0. The third-order valence-corrected chi connectivity index (χ3v) is 2.99. The summed E-state index contributed by atoms with van der Waals surface area (Å²) in [6.07, 6.45) is 11.1. The van der Waals surface area contributed by atoms with E-state index in [-0.39, 0.29) is 11.4 Å². The molecule has 0 unspecified atom stereocenters. The lowest BCUT2D eigenvalue weighted by Gasteiger charge is -2.16. The maximum Gasteiger partial charge on any atom is 0.318 e. The van der Waals surface area contributed by atoms with Crippen molar-refractivity contribution in [1.82, 2.24) is 10.6 Å². The van der Waals surface area contributed by atoms with Gasteiger partial charge in [-0.1, -0.05) is 52.5 Å². The van der Waals surface area contributed by atoms with Gasteiger partial charge in [0.1, 0.15) is 0 Å². The van der Waals surface area contributed by atoms with Gasteiger partial charge in [0.05, 0.1) is 0 Å². The van der Waals surface area contributed by atoms with Crippen LogP contribution in [0.4, 0.5) is 4.79 Å². The molecule has 0 aromatic carbocycles. The summed E-state index contributed by atoms with van der Waals surface area (Å²) >= 11 is 0. The van der Waals surface area contributed by atoms with Crippen molar-refractivity contribution in [3.63, 3.8) is 0 Å². The molecule has 0 bridgehead atoms. The lowest BCUT2D eigenvalue weighted by Crippen LogP contribution is -2.39. The minimum atomic E-state index is -0.0719. The molecule has 1 rings (SSSR count). The van der Waals surface area contributed by atoms with Crippen LogP contribution >= 0.6 is 0 Å². The summed E-state index contributed by atoms with van der Waals surface area (Å²) in [6, 6.07) is 0.290. The number of nitrogens with one attached hydrogen (secondary N) is 2. The van der Waals surface area contributed by atoms with E-state index < -0.39 is 0 Å². The van der Waals surface area contributed by atoms with Gasteiger partial charge in [0.2, 0.25) is 0 Å². The number of carbonyl (C=O) groups is 1. The molecule has 98 valence electrons. The molecule has 0 aromatic heterocycles. The maximum atomic E-state index is 11.6. The molecule has 0 spiro atoms. The summed E-state index contributed by atoms with van der Waals surface area (Å²) in [4.78, 5) is 11.6. The van der Waals surface area contributed by atoms with E-state index in [2.05, 4.69) is 31.4 Å². The Morgan fingerprint density at radius 3 is 2.24 bits per heavy atom. The number of rotatable bonds is 2. The van der Waals surface area contributed by atoms with Gasteiger partial charge >= 0.3 is 6.03 Å². The van der Waals surface area contributed by atoms with Crippen molar-refractivity contribution >= 4 is 6.03 Å². The summed E-state index contributed by atoms with van der Waals surface area (Å²) in [5.41, 5.74) is 0.107. The number of hydrogen-bond acceptors (Lipinski definition) is 1. The first-order valence-electron chi connectivity index (χ1n) is 6.72. The van der Waals surface area contributed by atoms with Gasteiger partial charge in [0.25, 0.3) is 0 Å². The monoisotopic (exact) mass is 238 g/mol. The van der Waals surface area contributed by atoms with Gasteiger partial charge in [0.15, 0.2) is 0 Å². The minimum Gasteiger partial charge on any atom is -0.335 e. The van der Waals surface area contributed by atoms with Crippen LogP contribution < -0.4 is 10.6 Å². The molecule has 0 heterocycles. The Balaban J connectivity index is 2.26. The zero-order valence-corrected chi connectivity index (χ0v) is 11.4. The van der Waals surface area contributed by atoms with E-state index in [9.17, 15) is 4.79 Å². The normalized spacial score (nSPS) is 19.0. The summed E-state index contributed by atoms with van der Waals surface area (Å²) in [7, 11) is 0. The van der Waals surface area contributed by atoms with E-state index in [4.69, 9.17) is 0 Å². The molecule has 1 fully saturated rings. The predicted octanol–water partition coefficient (Wildman–Crippen LogP) is 3.57. The zero-order valence-electron chi connectivity index (χ0n) is 11.4. The van der Waals surface area contributed by atoms with E-state index in [1.165, 1.54) is 25.7 Å². The largest absolute Gasteiger partial charge is 0.335 e.